The number of hydrogen-bond acceptors (Lipinski definition) is 8. The summed E-state index contributed by atoms with van der Waals surface area (Å²) in [6.07, 6.45) is 2.23. The number of aliphatic carboxylic acids is 2. The van der Waals surface area contributed by atoms with Crippen molar-refractivity contribution in [2.24, 2.45) is 0 Å². The van der Waals surface area contributed by atoms with Crippen molar-refractivity contribution in [2.45, 2.75) is 17.8 Å². The molecule has 3 rings (SSSR count). The number of β-lactam (4-membered cyclic amide) rings is 1. The smallest absolute Gasteiger partial charge is 0.352 e. The molecule has 29 heavy (non-hydrogen) atoms. The Bertz CT molecular complexity index is 897. The highest BCUT2D eigenvalue weighted by molar-refractivity contribution is 8.00. The lowest BCUT2D eigenvalue weighted by Gasteiger charge is -2.48. The van der Waals surface area contributed by atoms with Gasteiger partial charge in [0.2, 0.25) is 0 Å². The van der Waals surface area contributed by atoms with Gasteiger partial charge in [-0.1, -0.05) is 6.08 Å². The number of nitrogen functional groups attached to an aromatic ring is 1. The number of nitrogens with zero attached hydrogens (tertiary/aromatic N) is 2. The van der Waals surface area contributed by atoms with Gasteiger partial charge in [-0.15, -0.1) is 23.1 Å². The normalized spacial score (nSPS) is 20.3. The molecular formula is C15H18N4O8S2. The molecule has 0 radical (unpaired) electrons. The minimum Gasteiger partial charge on any atom is -0.481 e. The zero-order chi connectivity index (χ0) is 19.7. The number of nitrogens with one attached hydrogen (secondary N) is 1. The van der Waals surface area contributed by atoms with E-state index in [-0.39, 0.29) is 33.0 Å². The van der Waals surface area contributed by atoms with E-state index >= 15 is 0 Å². The number of fused-ring (bicyclic) bond motifs is 1. The van der Waals surface area contributed by atoms with E-state index in [0.29, 0.717) is 5.75 Å². The second-order valence-corrected chi connectivity index (χ2v) is 7.60. The number of nitrogens with two attached hydrogens (primary N) is 1. The summed E-state index contributed by atoms with van der Waals surface area (Å²) in [5.74, 6) is -3.16. The fraction of sp³-hybridized carbons (Fsp3) is 0.267. The lowest BCUT2D eigenvalue weighted by molar-refractivity contribution is -0.150. The van der Waals surface area contributed by atoms with Crippen molar-refractivity contribution in [3.05, 3.63) is 28.9 Å². The molecule has 0 bridgehead atoms. The van der Waals surface area contributed by atoms with Crippen molar-refractivity contribution < 1.29 is 40.3 Å². The molecule has 0 aromatic carbocycles. The van der Waals surface area contributed by atoms with Crippen molar-refractivity contribution in [3.8, 4) is 0 Å². The van der Waals surface area contributed by atoms with E-state index in [2.05, 4.69) is 10.3 Å². The van der Waals surface area contributed by atoms with Crippen LogP contribution in [-0.2, 0) is 19.2 Å². The van der Waals surface area contributed by atoms with Crippen LogP contribution < -0.4 is 11.1 Å². The van der Waals surface area contributed by atoms with Gasteiger partial charge in [0.1, 0.15) is 17.1 Å². The van der Waals surface area contributed by atoms with Crippen molar-refractivity contribution in [1.82, 2.24) is 15.2 Å². The molecule has 0 aliphatic carbocycles. The second kappa shape index (κ2) is 9.51. The van der Waals surface area contributed by atoms with E-state index < -0.39 is 41.6 Å². The number of aromatic nitrogens is 1. The lowest BCUT2D eigenvalue weighted by atomic mass is 10.0. The summed E-state index contributed by atoms with van der Waals surface area (Å²) in [6.45, 7) is 0. The van der Waals surface area contributed by atoms with Gasteiger partial charge in [-0.05, 0) is 6.08 Å². The molecule has 9 N–H and O–H groups in total. The Morgan fingerprint density at radius 1 is 1.34 bits per heavy atom. The maximum Gasteiger partial charge on any atom is 0.352 e. The highest BCUT2D eigenvalue weighted by Crippen LogP contribution is 2.37. The first-order valence-electron chi connectivity index (χ1n) is 7.62. The highest BCUT2D eigenvalue weighted by atomic mass is 32.2. The molecule has 1 unspecified atom stereocenters. The molecule has 1 aromatic rings. The Balaban J connectivity index is 0.00000210. The van der Waals surface area contributed by atoms with Gasteiger partial charge in [0.25, 0.3) is 11.8 Å². The van der Waals surface area contributed by atoms with Crippen LogP contribution in [0.2, 0.25) is 0 Å². The Kier molecular flexibility index (Phi) is 7.90. The minimum absolute atomic E-state index is 0. The number of hydrogen-bond donors (Lipinski definition) is 4. The predicted octanol–water partition coefficient (Wildman–Crippen LogP) is -1.70. The van der Waals surface area contributed by atoms with Crippen LogP contribution in [0.3, 0.4) is 0 Å². The van der Waals surface area contributed by atoms with Crippen molar-refractivity contribution in [2.75, 3.05) is 11.5 Å². The molecule has 158 valence electrons. The number of carbonyl (C=O) groups is 4. The van der Waals surface area contributed by atoms with Gasteiger partial charge in [0.15, 0.2) is 5.13 Å². The highest BCUT2D eigenvalue weighted by Gasteiger charge is 2.52. The van der Waals surface area contributed by atoms with Gasteiger partial charge >= 0.3 is 11.9 Å². The molecule has 2 aliphatic heterocycles. The van der Waals surface area contributed by atoms with E-state index in [1.165, 1.54) is 29.3 Å². The Hall–Kier alpha value is -2.94. The van der Waals surface area contributed by atoms with Crippen LogP contribution in [-0.4, -0.2) is 72.0 Å². The average molecular weight is 446 g/mol. The van der Waals surface area contributed by atoms with Crippen molar-refractivity contribution >= 4 is 57.6 Å². The summed E-state index contributed by atoms with van der Waals surface area (Å²) in [4.78, 5) is 52.1. The van der Waals surface area contributed by atoms with E-state index in [1.807, 2.05) is 0 Å². The van der Waals surface area contributed by atoms with Crippen LogP contribution in [0.5, 0.6) is 0 Å². The average Bonchev–Trinajstić information content (AvgIpc) is 3.04. The van der Waals surface area contributed by atoms with Gasteiger partial charge in [-0.2, -0.15) is 0 Å². The van der Waals surface area contributed by atoms with E-state index in [0.717, 1.165) is 16.2 Å². The first-order valence-corrected chi connectivity index (χ1v) is 9.54. The summed E-state index contributed by atoms with van der Waals surface area (Å²) >= 11 is 2.41. The standard InChI is InChI=1S/C15H14N4O6S2.2H2O/c16-15-17-7(5-27-15)6(1-2-9(20)21)11(22)18-10-12(23)19-8(14(24)25)3-4-26-13(10)19;;/h1,3,5,10,13H,2,4H2,(H2,16,17)(H,18,22)(H,20,21)(H,24,25);2*1H2/b6-1-;;/t10?,13-;;/m1../s1. The Morgan fingerprint density at radius 3 is 2.59 bits per heavy atom. The minimum atomic E-state index is -1.21. The van der Waals surface area contributed by atoms with Gasteiger partial charge < -0.3 is 32.2 Å². The maximum absolute atomic E-state index is 12.6. The molecule has 1 aromatic heterocycles. The fourth-order valence-corrected chi connectivity index (χ4v) is 4.43. The molecule has 3 heterocycles. The van der Waals surface area contributed by atoms with Crippen LogP contribution in [0.4, 0.5) is 5.13 Å². The van der Waals surface area contributed by atoms with Crippen molar-refractivity contribution in [1.29, 1.82) is 0 Å². The fourth-order valence-electron chi connectivity index (χ4n) is 2.67. The first kappa shape index (κ1) is 24.1. The molecule has 2 atom stereocenters. The van der Waals surface area contributed by atoms with Crippen molar-refractivity contribution in [3.63, 3.8) is 0 Å². The number of thioether (sulfide) groups is 1. The van der Waals surface area contributed by atoms with E-state index in [9.17, 15) is 19.2 Å². The molecule has 0 saturated carbocycles. The zero-order valence-corrected chi connectivity index (χ0v) is 16.2. The van der Waals surface area contributed by atoms with Gasteiger partial charge in [-0.3, -0.25) is 19.3 Å². The van der Waals surface area contributed by atoms with Crippen LogP contribution in [0.15, 0.2) is 23.2 Å². The number of carboxylic acid groups (broad SMARTS) is 2. The third kappa shape index (κ3) is 4.73. The quantitative estimate of drug-likeness (QED) is 0.288. The van der Waals surface area contributed by atoms with Crippen LogP contribution in [0.25, 0.3) is 5.57 Å². The van der Waals surface area contributed by atoms with Gasteiger partial charge in [-0.25, -0.2) is 9.78 Å². The summed E-state index contributed by atoms with van der Waals surface area (Å²) in [5.41, 5.74) is 5.66. The molecule has 12 nitrogen and oxygen atoms in total. The summed E-state index contributed by atoms with van der Waals surface area (Å²) in [5, 5.41) is 21.8. The molecule has 14 heteroatoms. The summed E-state index contributed by atoms with van der Waals surface area (Å²) in [7, 11) is 0. The van der Waals surface area contributed by atoms with Gasteiger partial charge in [0, 0.05) is 11.1 Å². The number of rotatable bonds is 6. The number of thiazole rings is 1. The Morgan fingerprint density at radius 2 is 2.03 bits per heavy atom. The molecule has 2 amide bonds. The largest absolute Gasteiger partial charge is 0.481 e. The Labute approximate surface area is 171 Å². The van der Waals surface area contributed by atoms with Crippen LogP contribution in [0, 0.1) is 0 Å². The van der Waals surface area contributed by atoms with Crippen LogP contribution in [0.1, 0.15) is 12.1 Å². The third-order valence-corrected chi connectivity index (χ3v) is 5.73. The third-order valence-electron chi connectivity index (χ3n) is 3.88. The second-order valence-electron chi connectivity index (χ2n) is 5.56. The summed E-state index contributed by atoms with van der Waals surface area (Å²) < 4.78 is 0. The molecule has 1 saturated heterocycles. The number of anilines is 1. The molecule has 2 aliphatic rings. The SMILES string of the molecule is Nc1nc(/C(=C/CC(=O)O)C(=O)NC2C(=O)N3C(C(=O)O)=CCS[C@H]23)cs1.O.O. The molecule has 0 spiro atoms. The lowest BCUT2D eigenvalue weighted by Crippen LogP contribution is -2.70. The van der Waals surface area contributed by atoms with Crippen LogP contribution >= 0.6 is 23.1 Å². The maximum atomic E-state index is 12.6. The number of carboxylic acids is 2. The predicted molar refractivity (Wildman–Crippen MR) is 105 cm³/mol. The van der Waals surface area contributed by atoms with E-state index in [1.54, 1.807) is 0 Å². The summed E-state index contributed by atoms with van der Waals surface area (Å²) in [6, 6.07) is -0.908. The topological polar surface area (TPSA) is 226 Å². The number of amides is 2. The van der Waals surface area contributed by atoms with E-state index in [4.69, 9.17) is 15.9 Å². The van der Waals surface area contributed by atoms with Gasteiger partial charge in [0.05, 0.1) is 17.7 Å². The number of carbonyl (C=O) groups excluding carboxylic acids is 2. The first-order chi connectivity index (χ1) is 12.8. The molecule has 1 fully saturated rings. The zero-order valence-electron chi connectivity index (χ0n) is 14.6. The molecular weight excluding hydrogens is 428 g/mol. The monoisotopic (exact) mass is 446 g/mol.